The Morgan fingerprint density at radius 1 is 1.00 bits per heavy atom. The van der Waals surface area contributed by atoms with Gasteiger partial charge in [0.25, 0.3) is 0 Å². The van der Waals surface area contributed by atoms with Crippen molar-refractivity contribution in [1.29, 1.82) is 0 Å². The number of carbonyl (C=O) groups excluding carboxylic acids is 2. The van der Waals surface area contributed by atoms with Crippen molar-refractivity contribution in [2.24, 2.45) is 0 Å². The van der Waals surface area contributed by atoms with Crippen molar-refractivity contribution < 1.29 is 23.2 Å². The van der Waals surface area contributed by atoms with Crippen molar-refractivity contribution in [3.05, 3.63) is 0 Å². The highest BCUT2D eigenvalue weighted by atomic mass is 31.1. The number of carbonyl (C=O) groups is 2. The molecule has 0 aromatic rings. The zero-order valence-corrected chi connectivity index (χ0v) is 7.52. The quantitative estimate of drug-likeness (QED) is 0.321. The smallest absolute Gasteiger partial charge is 0.310 e. The third-order valence-electron chi connectivity index (χ3n) is 0.911. The van der Waals surface area contributed by atoms with Crippen molar-refractivity contribution in [3.63, 3.8) is 0 Å². The molecule has 0 fully saturated rings. The van der Waals surface area contributed by atoms with Crippen LogP contribution >= 0.6 is 8.25 Å². The van der Waals surface area contributed by atoms with E-state index in [4.69, 9.17) is 0 Å². The fourth-order valence-corrected chi connectivity index (χ4v) is 1.07. The van der Waals surface area contributed by atoms with Gasteiger partial charge in [-0.2, -0.15) is 0 Å². The highest BCUT2D eigenvalue weighted by Gasteiger charge is 1.97. The lowest BCUT2D eigenvalue weighted by atomic mass is 10.5. The fourth-order valence-electron chi connectivity index (χ4n) is 0.422. The third-order valence-corrected chi connectivity index (χ3v) is 1.79. The van der Waals surface area contributed by atoms with E-state index in [0.717, 1.165) is 0 Å². The number of hydrogen-bond acceptors (Lipinski definition) is 5. The lowest BCUT2D eigenvalue weighted by Gasteiger charge is -2.01. The van der Waals surface area contributed by atoms with Gasteiger partial charge in [-0.3, -0.25) is 4.57 Å². The molecule has 5 nitrogen and oxygen atoms in total. The van der Waals surface area contributed by atoms with Crippen molar-refractivity contribution in [3.8, 4) is 0 Å². The van der Waals surface area contributed by atoms with E-state index in [1.807, 2.05) is 0 Å². The Bertz CT molecular complexity index is 142. The predicted octanol–water partition coefficient (Wildman–Crippen LogP) is 0.587. The van der Waals surface area contributed by atoms with Crippen molar-refractivity contribution in [1.82, 2.24) is 0 Å². The van der Waals surface area contributed by atoms with Gasteiger partial charge in [-0.05, 0) is 0 Å². The van der Waals surface area contributed by atoms with E-state index in [9.17, 15) is 14.2 Å². The number of aldehydes is 2. The topological polar surface area (TPSA) is 69.7 Å². The normalized spacial score (nSPS) is 10.1. The summed E-state index contributed by atoms with van der Waals surface area (Å²) in [5.74, 6) is 0. The van der Waals surface area contributed by atoms with Crippen LogP contribution < -0.4 is 0 Å². The number of hydrogen-bond donors (Lipinski definition) is 0. The third kappa shape index (κ3) is 7.60. The van der Waals surface area contributed by atoms with E-state index < -0.39 is 8.25 Å². The van der Waals surface area contributed by atoms with Crippen LogP contribution in [0.5, 0.6) is 0 Å². The van der Waals surface area contributed by atoms with E-state index in [1.165, 1.54) is 0 Å². The van der Waals surface area contributed by atoms with Crippen molar-refractivity contribution >= 4 is 20.8 Å². The van der Waals surface area contributed by atoms with E-state index in [1.54, 1.807) is 0 Å². The molecule has 0 bridgehead atoms. The molecule has 0 atom stereocenters. The van der Waals surface area contributed by atoms with Gasteiger partial charge in [0.1, 0.15) is 12.6 Å². The van der Waals surface area contributed by atoms with Gasteiger partial charge in [0.15, 0.2) is 0 Å². The van der Waals surface area contributed by atoms with Crippen LogP contribution in [0.1, 0.15) is 12.8 Å². The first-order valence-corrected chi connectivity index (χ1v) is 4.70. The van der Waals surface area contributed by atoms with E-state index in [0.29, 0.717) is 12.6 Å². The van der Waals surface area contributed by atoms with E-state index >= 15 is 0 Å². The summed E-state index contributed by atoms with van der Waals surface area (Å²) in [6.45, 7) is 0.199. The Morgan fingerprint density at radius 2 is 1.42 bits per heavy atom. The second-order valence-electron chi connectivity index (χ2n) is 1.86. The SMILES string of the molecule is O=CCCO[PH](=O)OCCC=O. The standard InChI is InChI=1S/C6H11O5P/c7-3-1-5-10-12(9)11-6-2-4-8/h3-4,12H,1-2,5-6H2. The maximum atomic E-state index is 10.7. The summed E-state index contributed by atoms with van der Waals surface area (Å²) in [6.07, 6.45) is 1.74. The fraction of sp³-hybridized carbons (Fsp3) is 0.667. The average Bonchev–Trinajstić information content (AvgIpc) is 2.06. The van der Waals surface area contributed by atoms with Crippen LogP contribution in [0.3, 0.4) is 0 Å². The van der Waals surface area contributed by atoms with Crippen LogP contribution in [0.2, 0.25) is 0 Å². The zero-order valence-electron chi connectivity index (χ0n) is 6.52. The Hall–Kier alpha value is -0.510. The molecule has 0 spiro atoms. The predicted molar refractivity (Wildman–Crippen MR) is 42.3 cm³/mol. The second kappa shape index (κ2) is 8.59. The van der Waals surface area contributed by atoms with Crippen LogP contribution in [0.15, 0.2) is 0 Å². The van der Waals surface area contributed by atoms with Crippen LogP contribution in [-0.2, 0) is 23.2 Å². The minimum absolute atomic E-state index is 0.0996. The Morgan fingerprint density at radius 3 is 1.75 bits per heavy atom. The minimum Gasteiger partial charge on any atom is -0.310 e. The molecule has 0 aromatic heterocycles. The first-order valence-electron chi connectivity index (χ1n) is 3.48. The van der Waals surface area contributed by atoms with Gasteiger partial charge in [0.05, 0.1) is 13.2 Å². The lowest BCUT2D eigenvalue weighted by Crippen LogP contribution is -1.91. The van der Waals surface area contributed by atoms with Crippen molar-refractivity contribution in [2.45, 2.75) is 12.8 Å². The molecule has 0 aliphatic rings. The molecule has 0 amide bonds. The van der Waals surface area contributed by atoms with Crippen molar-refractivity contribution in [2.75, 3.05) is 13.2 Å². The summed E-state index contributed by atoms with van der Waals surface area (Å²) in [6, 6.07) is 0. The molecule has 6 heteroatoms. The highest BCUT2D eigenvalue weighted by Crippen LogP contribution is 2.23. The molecule has 0 N–H and O–H groups in total. The van der Waals surface area contributed by atoms with Crippen LogP contribution in [0.25, 0.3) is 0 Å². The molecule has 12 heavy (non-hydrogen) atoms. The van der Waals surface area contributed by atoms with E-state index in [2.05, 4.69) is 9.05 Å². The summed E-state index contributed by atoms with van der Waals surface area (Å²) < 4.78 is 19.9. The molecule has 0 aliphatic carbocycles. The van der Waals surface area contributed by atoms with Gasteiger partial charge in [0.2, 0.25) is 0 Å². The minimum atomic E-state index is -2.50. The maximum Gasteiger partial charge on any atom is 0.319 e. The van der Waals surface area contributed by atoms with Crippen LogP contribution in [0, 0.1) is 0 Å². The average molecular weight is 194 g/mol. The Balaban J connectivity index is 3.21. The molecule has 0 rings (SSSR count). The summed E-state index contributed by atoms with van der Waals surface area (Å²) in [4.78, 5) is 19.6. The molecule has 70 valence electrons. The van der Waals surface area contributed by atoms with Crippen LogP contribution in [0.4, 0.5) is 0 Å². The molecule has 0 unspecified atom stereocenters. The first-order chi connectivity index (χ1) is 5.81. The Kier molecular flexibility index (Phi) is 8.22. The van der Waals surface area contributed by atoms with Gasteiger partial charge < -0.3 is 18.6 Å². The molecule has 0 heterocycles. The summed E-state index contributed by atoms with van der Waals surface area (Å²) in [7, 11) is -2.50. The van der Waals surface area contributed by atoms with Gasteiger partial charge in [0, 0.05) is 12.8 Å². The number of rotatable bonds is 8. The molecule has 0 aliphatic heterocycles. The first kappa shape index (κ1) is 11.5. The molecule has 0 aromatic carbocycles. The Labute approximate surface area is 71.0 Å². The summed E-state index contributed by atoms with van der Waals surface area (Å²) in [5.41, 5.74) is 0. The molecular weight excluding hydrogens is 183 g/mol. The monoisotopic (exact) mass is 194 g/mol. The molecule has 0 saturated heterocycles. The summed E-state index contributed by atoms with van der Waals surface area (Å²) >= 11 is 0. The van der Waals surface area contributed by atoms with E-state index in [-0.39, 0.29) is 26.1 Å². The van der Waals surface area contributed by atoms with Gasteiger partial charge in [-0.1, -0.05) is 0 Å². The second-order valence-corrected chi connectivity index (χ2v) is 2.93. The largest absolute Gasteiger partial charge is 0.319 e. The zero-order chi connectivity index (χ0) is 9.23. The molecular formula is C6H11O5P. The molecule has 0 saturated carbocycles. The summed E-state index contributed by atoms with van der Waals surface area (Å²) in [5, 5.41) is 0. The molecule has 0 radical (unpaired) electrons. The van der Waals surface area contributed by atoms with Gasteiger partial charge in [-0.25, -0.2) is 0 Å². The van der Waals surface area contributed by atoms with Gasteiger partial charge >= 0.3 is 8.25 Å². The highest BCUT2D eigenvalue weighted by molar-refractivity contribution is 7.33. The maximum absolute atomic E-state index is 10.7. The lowest BCUT2D eigenvalue weighted by molar-refractivity contribution is -0.108. The van der Waals surface area contributed by atoms with Crippen LogP contribution in [-0.4, -0.2) is 25.8 Å². The van der Waals surface area contributed by atoms with Gasteiger partial charge in [-0.15, -0.1) is 0 Å².